The summed E-state index contributed by atoms with van der Waals surface area (Å²) in [4.78, 5) is 12.8. The highest BCUT2D eigenvalue weighted by Crippen LogP contribution is 2.18. The first-order valence-electron chi connectivity index (χ1n) is 21.0. The molecule has 0 aromatic heterocycles. The van der Waals surface area contributed by atoms with Crippen LogP contribution in [0.1, 0.15) is 235 Å². The number of ether oxygens (including phenoxy) is 1. The van der Waals surface area contributed by atoms with Crippen LogP contribution in [-0.2, 0) is 9.53 Å². The van der Waals surface area contributed by atoms with Crippen LogP contribution >= 0.6 is 0 Å². The number of hydrogen-bond acceptors (Lipinski definition) is 2. The largest absolute Gasteiger partial charge is 0.458 e. The van der Waals surface area contributed by atoms with Crippen LogP contribution in [0.2, 0.25) is 0 Å². The Morgan fingerprint density at radius 1 is 0.458 bits per heavy atom. The van der Waals surface area contributed by atoms with Crippen molar-refractivity contribution in [1.29, 1.82) is 0 Å². The fraction of sp³-hybridized carbons (Fsp3) is 0.804. The average molecular weight is 669 g/mol. The van der Waals surface area contributed by atoms with Gasteiger partial charge in [-0.05, 0) is 79.7 Å². The van der Waals surface area contributed by atoms with Crippen LogP contribution < -0.4 is 0 Å². The van der Waals surface area contributed by atoms with Crippen molar-refractivity contribution >= 4 is 5.97 Å². The lowest BCUT2D eigenvalue weighted by Crippen LogP contribution is -2.16. The van der Waals surface area contributed by atoms with Gasteiger partial charge in [-0.1, -0.05) is 189 Å². The second-order valence-electron chi connectivity index (χ2n) is 15.5. The zero-order valence-electron chi connectivity index (χ0n) is 33.7. The van der Waals surface area contributed by atoms with Crippen LogP contribution in [0.25, 0.3) is 0 Å². The van der Waals surface area contributed by atoms with Crippen molar-refractivity contribution in [3.8, 4) is 0 Å². The van der Waals surface area contributed by atoms with Gasteiger partial charge in [0.25, 0.3) is 0 Å². The summed E-state index contributed by atoms with van der Waals surface area (Å²) in [5, 5.41) is 0. The summed E-state index contributed by atoms with van der Waals surface area (Å²) in [5.74, 6) is -0.0348. The van der Waals surface area contributed by atoms with Gasteiger partial charge in [0.05, 0.1) is 0 Å². The normalized spacial score (nSPS) is 12.6. The van der Waals surface area contributed by atoms with Gasteiger partial charge in [0.1, 0.15) is 6.10 Å². The van der Waals surface area contributed by atoms with Crippen molar-refractivity contribution in [2.75, 3.05) is 0 Å². The molecule has 0 rings (SSSR count). The Morgan fingerprint density at radius 2 is 0.812 bits per heavy atom. The molecule has 2 heteroatoms. The molecule has 0 heterocycles. The Morgan fingerprint density at radius 3 is 1.19 bits per heavy atom. The van der Waals surface area contributed by atoms with Crippen LogP contribution in [-0.4, -0.2) is 12.1 Å². The molecule has 0 aliphatic heterocycles. The van der Waals surface area contributed by atoms with Gasteiger partial charge in [0.15, 0.2) is 0 Å². The van der Waals surface area contributed by atoms with E-state index in [0.29, 0.717) is 6.42 Å². The minimum absolute atomic E-state index is 0.0348. The first-order valence-corrected chi connectivity index (χ1v) is 21.0. The first kappa shape index (κ1) is 46.4. The van der Waals surface area contributed by atoms with E-state index < -0.39 is 0 Å². The second-order valence-corrected chi connectivity index (χ2v) is 15.5. The summed E-state index contributed by atoms with van der Waals surface area (Å²) in [7, 11) is 0. The van der Waals surface area contributed by atoms with Crippen molar-refractivity contribution in [3.63, 3.8) is 0 Å². The monoisotopic (exact) mass is 669 g/mol. The van der Waals surface area contributed by atoms with E-state index in [2.05, 4.69) is 72.8 Å². The number of carbonyl (C=O) groups excluding carboxylic acids is 1. The molecule has 1 unspecified atom stereocenters. The maximum atomic E-state index is 12.8. The molecule has 0 N–H and O–H groups in total. The summed E-state index contributed by atoms with van der Waals surface area (Å²) in [6, 6.07) is 0. The standard InChI is InChI=1S/C46H84O2/c1-8-9-10-11-12-13-14-15-16-17-18-19-20-21-22-23-24-25-26-27-28-29-30-37-46(47)48-45(40-44(7)36-32-34-42(4)5)39-38-43(6)35-31-33-41(2)3/h33-34,38,40,45H,8-32,35-37,39H2,1-7H3/b43-38+,44-40+. The van der Waals surface area contributed by atoms with E-state index in [-0.39, 0.29) is 12.1 Å². The van der Waals surface area contributed by atoms with Gasteiger partial charge in [0, 0.05) is 12.8 Å². The number of allylic oxidation sites excluding steroid dienone is 6. The molecule has 0 aliphatic carbocycles. The summed E-state index contributed by atoms with van der Waals surface area (Å²) < 4.78 is 6.00. The molecule has 0 aliphatic rings. The SMILES string of the molecule is CCCCCCCCCCCCCCCCCCCCCCCCCC(=O)OC(/C=C(\C)CCC=C(C)C)C/C=C(\C)CCC=C(C)C. The molecule has 0 bridgehead atoms. The molecule has 0 amide bonds. The molecular formula is C46H84O2. The first-order chi connectivity index (χ1) is 23.2. The van der Waals surface area contributed by atoms with Crippen molar-refractivity contribution in [1.82, 2.24) is 0 Å². The molecule has 0 saturated carbocycles. The smallest absolute Gasteiger partial charge is 0.306 e. The van der Waals surface area contributed by atoms with Crippen molar-refractivity contribution in [2.45, 2.75) is 241 Å². The van der Waals surface area contributed by atoms with Crippen molar-refractivity contribution in [3.05, 3.63) is 46.6 Å². The predicted octanol–water partition coefficient (Wildman–Crippen LogP) is 16.1. The minimum atomic E-state index is -0.160. The highest BCUT2D eigenvalue weighted by atomic mass is 16.5. The van der Waals surface area contributed by atoms with Gasteiger partial charge in [0.2, 0.25) is 0 Å². The maximum Gasteiger partial charge on any atom is 0.306 e. The maximum absolute atomic E-state index is 12.8. The average Bonchev–Trinajstić information content (AvgIpc) is 3.03. The number of carbonyl (C=O) groups is 1. The molecule has 0 aromatic rings. The van der Waals surface area contributed by atoms with Gasteiger partial charge in [-0.25, -0.2) is 0 Å². The van der Waals surface area contributed by atoms with Gasteiger partial charge in [-0.15, -0.1) is 0 Å². The van der Waals surface area contributed by atoms with E-state index in [1.807, 2.05) is 0 Å². The van der Waals surface area contributed by atoms with Gasteiger partial charge < -0.3 is 4.74 Å². The van der Waals surface area contributed by atoms with E-state index in [1.54, 1.807) is 0 Å². The fourth-order valence-electron chi connectivity index (χ4n) is 6.43. The highest BCUT2D eigenvalue weighted by molar-refractivity contribution is 5.69. The molecular weight excluding hydrogens is 585 g/mol. The molecule has 0 fully saturated rings. The number of unbranched alkanes of at least 4 members (excludes halogenated alkanes) is 22. The van der Waals surface area contributed by atoms with Crippen LogP contribution in [0.4, 0.5) is 0 Å². The van der Waals surface area contributed by atoms with E-state index >= 15 is 0 Å². The lowest BCUT2D eigenvalue weighted by atomic mass is 10.0. The molecule has 0 saturated heterocycles. The van der Waals surface area contributed by atoms with Crippen LogP contribution in [0.3, 0.4) is 0 Å². The lowest BCUT2D eigenvalue weighted by Gasteiger charge is -2.15. The Hall–Kier alpha value is -1.57. The van der Waals surface area contributed by atoms with Crippen molar-refractivity contribution in [2.24, 2.45) is 0 Å². The van der Waals surface area contributed by atoms with Crippen LogP contribution in [0.5, 0.6) is 0 Å². The number of rotatable bonds is 34. The molecule has 1 atom stereocenters. The van der Waals surface area contributed by atoms with Gasteiger partial charge >= 0.3 is 5.97 Å². The van der Waals surface area contributed by atoms with Gasteiger partial charge in [-0.2, -0.15) is 0 Å². The van der Waals surface area contributed by atoms with E-state index in [1.165, 1.54) is 157 Å². The zero-order valence-corrected chi connectivity index (χ0v) is 33.7. The lowest BCUT2D eigenvalue weighted by molar-refractivity contribution is -0.146. The predicted molar refractivity (Wildman–Crippen MR) is 216 cm³/mol. The molecule has 280 valence electrons. The Kier molecular flexibility index (Phi) is 34.1. The summed E-state index contributed by atoms with van der Waals surface area (Å²) in [6.07, 6.45) is 46.3. The van der Waals surface area contributed by atoms with E-state index in [4.69, 9.17) is 4.74 Å². The van der Waals surface area contributed by atoms with Crippen LogP contribution in [0.15, 0.2) is 46.6 Å². The highest BCUT2D eigenvalue weighted by Gasteiger charge is 2.12. The molecule has 0 radical (unpaired) electrons. The van der Waals surface area contributed by atoms with Crippen molar-refractivity contribution < 1.29 is 9.53 Å². The molecule has 48 heavy (non-hydrogen) atoms. The van der Waals surface area contributed by atoms with Crippen LogP contribution in [0, 0.1) is 0 Å². The Labute approximate surface area is 302 Å². The second kappa shape index (κ2) is 35.3. The third kappa shape index (κ3) is 35.7. The summed E-state index contributed by atoms with van der Waals surface area (Å²) in [5.41, 5.74) is 5.41. The summed E-state index contributed by atoms with van der Waals surface area (Å²) >= 11 is 0. The quantitative estimate of drug-likeness (QED) is 0.0387. The third-order valence-corrected chi connectivity index (χ3v) is 9.62. The third-order valence-electron chi connectivity index (χ3n) is 9.62. The minimum Gasteiger partial charge on any atom is -0.458 e. The number of hydrogen-bond donors (Lipinski definition) is 0. The topological polar surface area (TPSA) is 26.3 Å². The summed E-state index contributed by atoms with van der Waals surface area (Å²) in [6.45, 7) is 15.3. The van der Waals surface area contributed by atoms with E-state index in [0.717, 1.165) is 44.9 Å². The zero-order chi connectivity index (χ0) is 35.5. The Balaban J connectivity index is 3.94. The molecule has 0 aromatic carbocycles. The Bertz CT molecular complexity index is 849. The van der Waals surface area contributed by atoms with E-state index in [9.17, 15) is 4.79 Å². The number of esters is 1. The fourth-order valence-corrected chi connectivity index (χ4v) is 6.43. The molecule has 2 nitrogen and oxygen atoms in total. The van der Waals surface area contributed by atoms with Gasteiger partial charge in [-0.3, -0.25) is 4.79 Å². The molecule has 0 spiro atoms.